The Balaban J connectivity index is 1.84. The van der Waals surface area contributed by atoms with Crippen LogP contribution in [0.3, 0.4) is 0 Å². The monoisotopic (exact) mass is 279 g/mol. The van der Waals surface area contributed by atoms with Crippen LogP contribution in [0.5, 0.6) is 5.75 Å². The van der Waals surface area contributed by atoms with Crippen molar-refractivity contribution in [3.05, 3.63) is 52.2 Å². The van der Waals surface area contributed by atoms with E-state index in [1.165, 1.54) is 10.8 Å². The summed E-state index contributed by atoms with van der Waals surface area (Å²) < 4.78 is 6.99. The Morgan fingerprint density at radius 2 is 2.26 bits per heavy atom. The van der Waals surface area contributed by atoms with Crippen LogP contribution >= 0.6 is 11.6 Å². The number of nitrogen functional groups attached to an aromatic ring is 1. The van der Waals surface area contributed by atoms with E-state index in [-0.39, 0.29) is 5.69 Å². The Hall–Kier alpha value is -2.01. The minimum Gasteiger partial charge on any atom is -0.493 e. The minimum absolute atomic E-state index is 0.312. The maximum Gasteiger partial charge on any atom is 0.347 e. The molecule has 5 nitrogen and oxygen atoms in total. The first-order valence-electron chi connectivity index (χ1n) is 5.85. The zero-order chi connectivity index (χ0) is 13.7. The van der Waals surface area contributed by atoms with Crippen LogP contribution in [-0.2, 0) is 6.54 Å². The van der Waals surface area contributed by atoms with Crippen LogP contribution in [0.4, 0.5) is 5.69 Å². The Labute approximate surface area is 115 Å². The van der Waals surface area contributed by atoms with Crippen molar-refractivity contribution in [1.82, 2.24) is 9.55 Å². The van der Waals surface area contributed by atoms with Crippen LogP contribution in [0.2, 0.25) is 5.02 Å². The van der Waals surface area contributed by atoms with Gasteiger partial charge in [-0.3, -0.25) is 4.57 Å². The fraction of sp³-hybridized carbons (Fsp3) is 0.231. The van der Waals surface area contributed by atoms with Gasteiger partial charge in [0, 0.05) is 24.5 Å². The predicted molar refractivity (Wildman–Crippen MR) is 74.5 cm³/mol. The number of hydrogen-bond donors (Lipinski definition) is 1. The van der Waals surface area contributed by atoms with Crippen molar-refractivity contribution >= 4 is 17.3 Å². The number of nitrogens with two attached hydrogens (primary N) is 1. The highest BCUT2D eigenvalue weighted by Crippen LogP contribution is 2.14. The van der Waals surface area contributed by atoms with Gasteiger partial charge < -0.3 is 10.5 Å². The molecular weight excluding hydrogens is 266 g/mol. The summed E-state index contributed by atoms with van der Waals surface area (Å²) in [6.45, 7) is 0.997. The predicted octanol–water partition coefficient (Wildman–Crippen LogP) is 1.95. The summed E-state index contributed by atoms with van der Waals surface area (Å²) >= 11 is 5.78. The van der Waals surface area contributed by atoms with E-state index in [1.54, 1.807) is 18.3 Å². The van der Waals surface area contributed by atoms with Crippen LogP contribution in [0.15, 0.2) is 41.5 Å². The third-order valence-corrected chi connectivity index (χ3v) is 2.69. The van der Waals surface area contributed by atoms with Crippen LogP contribution in [0, 0.1) is 0 Å². The lowest BCUT2D eigenvalue weighted by molar-refractivity contribution is 0.300. The van der Waals surface area contributed by atoms with Crippen molar-refractivity contribution in [3.63, 3.8) is 0 Å². The zero-order valence-corrected chi connectivity index (χ0v) is 11.0. The number of benzene rings is 1. The molecule has 0 aliphatic heterocycles. The van der Waals surface area contributed by atoms with Crippen molar-refractivity contribution in [1.29, 1.82) is 0 Å². The second kappa shape index (κ2) is 6.24. The molecule has 0 spiro atoms. The van der Waals surface area contributed by atoms with E-state index in [1.807, 2.05) is 12.1 Å². The number of aromatic nitrogens is 2. The molecule has 6 heteroatoms. The van der Waals surface area contributed by atoms with E-state index in [2.05, 4.69) is 4.98 Å². The largest absolute Gasteiger partial charge is 0.493 e. The smallest absolute Gasteiger partial charge is 0.347 e. The molecule has 0 saturated carbocycles. The summed E-state index contributed by atoms with van der Waals surface area (Å²) in [6, 6.07) is 7.22. The summed E-state index contributed by atoms with van der Waals surface area (Å²) in [5.74, 6) is 0.719. The van der Waals surface area contributed by atoms with Crippen LogP contribution < -0.4 is 16.2 Å². The minimum atomic E-state index is -0.312. The van der Waals surface area contributed by atoms with Gasteiger partial charge >= 0.3 is 5.69 Å². The topological polar surface area (TPSA) is 70.1 Å². The van der Waals surface area contributed by atoms with E-state index in [0.29, 0.717) is 30.3 Å². The molecule has 2 aromatic rings. The summed E-state index contributed by atoms with van der Waals surface area (Å²) in [6.07, 6.45) is 3.58. The van der Waals surface area contributed by atoms with Gasteiger partial charge in [-0.25, -0.2) is 9.78 Å². The zero-order valence-electron chi connectivity index (χ0n) is 10.3. The normalized spacial score (nSPS) is 10.4. The van der Waals surface area contributed by atoms with Gasteiger partial charge in [0.25, 0.3) is 0 Å². The molecule has 0 amide bonds. The standard InChI is InChI=1S/C13H14ClN3O2/c14-10-8-16-13(18)17(9-10)5-2-6-19-12-4-1-3-11(15)7-12/h1,3-4,7-9H,2,5-6,15H2. The first kappa shape index (κ1) is 13.4. The Bertz CT molecular complexity index is 613. The highest BCUT2D eigenvalue weighted by molar-refractivity contribution is 6.30. The number of ether oxygens (including phenoxy) is 1. The Morgan fingerprint density at radius 1 is 1.42 bits per heavy atom. The van der Waals surface area contributed by atoms with Gasteiger partial charge in [-0.15, -0.1) is 0 Å². The van der Waals surface area contributed by atoms with Gasteiger partial charge in [0.2, 0.25) is 0 Å². The van der Waals surface area contributed by atoms with Gasteiger partial charge in [0.05, 0.1) is 17.8 Å². The second-order valence-electron chi connectivity index (χ2n) is 4.02. The van der Waals surface area contributed by atoms with Gasteiger partial charge in [-0.1, -0.05) is 17.7 Å². The van der Waals surface area contributed by atoms with Gasteiger partial charge in [-0.05, 0) is 18.6 Å². The third-order valence-electron chi connectivity index (χ3n) is 2.49. The maximum atomic E-state index is 11.4. The SMILES string of the molecule is Nc1cccc(OCCCn2cc(Cl)cnc2=O)c1. The van der Waals surface area contributed by atoms with E-state index in [4.69, 9.17) is 22.1 Å². The van der Waals surface area contributed by atoms with E-state index < -0.39 is 0 Å². The van der Waals surface area contributed by atoms with Crippen molar-refractivity contribution in [2.24, 2.45) is 0 Å². The van der Waals surface area contributed by atoms with Crippen molar-refractivity contribution in [2.45, 2.75) is 13.0 Å². The number of aryl methyl sites for hydroxylation is 1. The molecule has 0 unspecified atom stereocenters. The molecule has 1 aromatic heterocycles. The molecule has 1 heterocycles. The van der Waals surface area contributed by atoms with Gasteiger partial charge in [0.1, 0.15) is 5.75 Å². The lowest BCUT2D eigenvalue weighted by Gasteiger charge is -2.08. The molecule has 0 saturated heterocycles. The summed E-state index contributed by atoms with van der Waals surface area (Å²) in [5.41, 5.74) is 5.99. The fourth-order valence-electron chi connectivity index (χ4n) is 1.62. The average molecular weight is 280 g/mol. The highest BCUT2D eigenvalue weighted by atomic mass is 35.5. The number of nitrogens with zero attached hydrogens (tertiary/aromatic N) is 2. The van der Waals surface area contributed by atoms with Crippen molar-refractivity contribution < 1.29 is 4.74 Å². The van der Waals surface area contributed by atoms with Crippen LogP contribution in [-0.4, -0.2) is 16.2 Å². The van der Waals surface area contributed by atoms with Gasteiger partial charge in [0.15, 0.2) is 0 Å². The van der Waals surface area contributed by atoms with Crippen LogP contribution in [0.1, 0.15) is 6.42 Å². The molecule has 0 fully saturated rings. The molecule has 1 aromatic carbocycles. The molecule has 2 N–H and O–H groups in total. The molecule has 0 aliphatic rings. The Morgan fingerprint density at radius 3 is 3.05 bits per heavy atom. The lowest BCUT2D eigenvalue weighted by atomic mass is 10.3. The first-order valence-corrected chi connectivity index (χ1v) is 6.23. The quantitative estimate of drug-likeness (QED) is 0.671. The molecule has 100 valence electrons. The molecule has 0 radical (unpaired) electrons. The summed E-state index contributed by atoms with van der Waals surface area (Å²) in [7, 11) is 0. The maximum absolute atomic E-state index is 11.4. The molecule has 0 aliphatic carbocycles. The summed E-state index contributed by atoms with van der Waals surface area (Å²) in [4.78, 5) is 15.1. The molecule has 0 atom stereocenters. The van der Waals surface area contributed by atoms with Gasteiger partial charge in [-0.2, -0.15) is 0 Å². The second-order valence-corrected chi connectivity index (χ2v) is 4.46. The number of rotatable bonds is 5. The molecular formula is C13H14ClN3O2. The van der Waals surface area contributed by atoms with E-state index >= 15 is 0 Å². The average Bonchev–Trinajstić information content (AvgIpc) is 2.39. The van der Waals surface area contributed by atoms with Crippen molar-refractivity contribution in [3.8, 4) is 5.75 Å². The van der Waals surface area contributed by atoms with Crippen molar-refractivity contribution in [2.75, 3.05) is 12.3 Å². The van der Waals surface area contributed by atoms with Crippen LogP contribution in [0.25, 0.3) is 0 Å². The third kappa shape index (κ3) is 3.99. The Kier molecular flexibility index (Phi) is 4.41. The van der Waals surface area contributed by atoms with E-state index in [9.17, 15) is 4.79 Å². The number of halogens is 1. The molecule has 19 heavy (non-hydrogen) atoms. The molecule has 2 rings (SSSR count). The molecule has 0 bridgehead atoms. The summed E-state index contributed by atoms with van der Waals surface area (Å²) in [5, 5.41) is 0.441. The highest BCUT2D eigenvalue weighted by Gasteiger charge is 1.99. The van der Waals surface area contributed by atoms with E-state index in [0.717, 1.165) is 5.75 Å². The first-order chi connectivity index (χ1) is 9.15. The number of anilines is 1. The number of hydrogen-bond acceptors (Lipinski definition) is 4. The lowest BCUT2D eigenvalue weighted by Crippen LogP contribution is -2.22. The fourth-order valence-corrected chi connectivity index (χ4v) is 1.78.